The van der Waals surface area contributed by atoms with E-state index >= 15 is 0 Å². The molecule has 0 amide bonds. The number of nitrogens with one attached hydrogen (secondary N) is 1. The summed E-state index contributed by atoms with van der Waals surface area (Å²) in [5, 5.41) is 1.34. The van der Waals surface area contributed by atoms with Crippen molar-refractivity contribution >= 4 is 5.95 Å². The Bertz CT molecular complexity index is 803. The van der Waals surface area contributed by atoms with E-state index in [4.69, 9.17) is 5.84 Å². The number of H-pyrrole nitrogens is 1. The molecule has 1 aromatic carbocycles. The summed E-state index contributed by atoms with van der Waals surface area (Å²) < 4.78 is 0. The molecule has 0 aliphatic heterocycles. The molecule has 22 heavy (non-hydrogen) atoms. The molecule has 0 fully saturated rings. The van der Waals surface area contributed by atoms with Gasteiger partial charge in [-0.05, 0) is 17.7 Å². The second-order valence-corrected chi connectivity index (χ2v) is 4.65. The SMILES string of the molecule is NN(Cc1ccccc1)c1nc(-c2ccncc2)[nH]c(=O)n1. The van der Waals surface area contributed by atoms with Crippen LogP contribution in [0.1, 0.15) is 5.56 Å². The first kappa shape index (κ1) is 13.9. The molecule has 0 saturated carbocycles. The molecule has 0 radical (unpaired) electrons. The van der Waals surface area contributed by atoms with Crippen molar-refractivity contribution in [3.63, 3.8) is 0 Å². The maximum atomic E-state index is 11.7. The number of nitrogens with zero attached hydrogens (tertiary/aromatic N) is 4. The summed E-state index contributed by atoms with van der Waals surface area (Å²) in [5.74, 6) is 6.56. The average molecular weight is 294 g/mol. The highest BCUT2D eigenvalue weighted by Crippen LogP contribution is 2.14. The summed E-state index contributed by atoms with van der Waals surface area (Å²) in [4.78, 5) is 26.4. The Labute approximate surface area is 126 Å². The number of hydrogen-bond donors (Lipinski definition) is 2. The van der Waals surface area contributed by atoms with Crippen molar-refractivity contribution in [2.24, 2.45) is 5.84 Å². The lowest BCUT2D eigenvalue weighted by atomic mass is 10.2. The number of aromatic nitrogens is 4. The van der Waals surface area contributed by atoms with E-state index in [0.717, 1.165) is 11.1 Å². The Kier molecular flexibility index (Phi) is 3.88. The molecule has 7 heteroatoms. The third kappa shape index (κ3) is 3.15. The highest BCUT2D eigenvalue weighted by molar-refractivity contribution is 5.54. The van der Waals surface area contributed by atoms with Gasteiger partial charge in [-0.3, -0.25) is 15.0 Å². The van der Waals surface area contributed by atoms with Gasteiger partial charge in [0.1, 0.15) is 5.82 Å². The summed E-state index contributed by atoms with van der Waals surface area (Å²) in [6, 6.07) is 13.2. The van der Waals surface area contributed by atoms with Gasteiger partial charge in [0.15, 0.2) is 0 Å². The van der Waals surface area contributed by atoms with Gasteiger partial charge in [0.2, 0.25) is 5.95 Å². The first-order valence-corrected chi connectivity index (χ1v) is 6.67. The largest absolute Gasteiger partial charge is 0.349 e. The van der Waals surface area contributed by atoms with Gasteiger partial charge < -0.3 is 0 Å². The lowest BCUT2D eigenvalue weighted by Crippen LogP contribution is -2.34. The lowest BCUT2D eigenvalue weighted by Gasteiger charge is -2.16. The second-order valence-electron chi connectivity index (χ2n) is 4.65. The van der Waals surface area contributed by atoms with Gasteiger partial charge >= 0.3 is 5.69 Å². The smallest absolute Gasteiger partial charge is 0.290 e. The van der Waals surface area contributed by atoms with Gasteiger partial charge in [0, 0.05) is 18.0 Å². The van der Waals surface area contributed by atoms with E-state index in [-0.39, 0.29) is 5.95 Å². The summed E-state index contributed by atoms with van der Waals surface area (Å²) in [7, 11) is 0. The molecule has 2 aromatic heterocycles. The van der Waals surface area contributed by atoms with Crippen LogP contribution in [-0.2, 0) is 6.54 Å². The Morgan fingerprint density at radius 3 is 2.50 bits per heavy atom. The minimum atomic E-state index is -0.500. The number of benzene rings is 1. The van der Waals surface area contributed by atoms with Crippen LogP contribution >= 0.6 is 0 Å². The van der Waals surface area contributed by atoms with Crippen molar-refractivity contribution in [2.45, 2.75) is 6.54 Å². The summed E-state index contributed by atoms with van der Waals surface area (Å²) in [6.07, 6.45) is 3.25. The minimum absolute atomic E-state index is 0.166. The maximum Gasteiger partial charge on any atom is 0.349 e. The summed E-state index contributed by atoms with van der Waals surface area (Å²) in [6.45, 7) is 0.403. The minimum Gasteiger partial charge on any atom is -0.290 e. The van der Waals surface area contributed by atoms with Crippen LogP contribution in [0.3, 0.4) is 0 Å². The standard InChI is InChI=1S/C15H14N6O/c16-21(10-11-4-2-1-3-5-11)14-18-13(19-15(22)20-14)12-6-8-17-9-7-12/h1-9H,10,16H2,(H,18,19,20,22). The zero-order valence-electron chi connectivity index (χ0n) is 11.7. The van der Waals surface area contributed by atoms with Crippen LogP contribution < -0.4 is 16.5 Å². The zero-order chi connectivity index (χ0) is 15.4. The van der Waals surface area contributed by atoms with Gasteiger partial charge in [-0.25, -0.2) is 10.6 Å². The molecule has 110 valence electrons. The topological polar surface area (TPSA) is 101 Å². The van der Waals surface area contributed by atoms with Crippen molar-refractivity contribution < 1.29 is 0 Å². The van der Waals surface area contributed by atoms with Gasteiger partial charge in [-0.2, -0.15) is 9.97 Å². The number of hydrazine groups is 1. The van der Waals surface area contributed by atoms with Crippen LogP contribution in [0.2, 0.25) is 0 Å². The van der Waals surface area contributed by atoms with E-state index in [1.165, 1.54) is 5.01 Å². The molecule has 3 aromatic rings. The lowest BCUT2D eigenvalue weighted by molar-refractivity contribution is 0.791. The molecule has 3 rings (SSSR count). The highest BCUT2D eigenvalue weighted by atomic mass is 16.1. The average Bonchev–Trinajstić information content (AvgIpc) is 2.56. The molecule has 7 nitrogen and oxygen atoms in total. The number of rotatable bonds is 4. The van der Waals surface area contributed by atoms with Crippen molar-refractivity contribution in [2.75, 3.05) is 5.01 Å². The summed E-state index contributed by atoms with van der Waals surface area (Å²) >= 11 is 0. The molecule has 3 N–H and O–H groups in total. The monoisotopic (exact) mass is 294 g/mol. The van der Waals surface area contributed by atoms with E-state index in [1.807, 2.05) is 30.3 Å². The normalized spacial score (nSPS) is 10.4. The molecule has 2 heterocycles. The van der Waals surface area contributed by atoms with Crippen LogP contribution in [0.25, 0.3) is 11.4 Å². The third-order valence-corrected chi connectivity index (χ3v) is 3.05. The van der Waals surface area contributed by atoms with Gasteiger partial charge in [0.25, 0.3) is 0 Å². The van der Waals surface area contributed by atoms with Gasteiger partial charge in [-0.1, -0.05) is 30.3 Å². The van der Waals surface area contributed by atoms with E-state index in [1.54, 1.807) is 24.5 Å². The quantitative estimate of drug-likeness (QED) is 0.552. The number of pyridine rings is 1. The Balaban J connectivity index is 1.91. The molecule has 0 spiro atoms. The predicted molar refractivity (Wildman–Crippen MR) is 82.7 cm³/mol. The van der Waals surface area contributed by atoms with Crippen molar-refractivity contribution in [3.05, 3.63) is 70.9 Å². The molecular formula is C15H14N6O. The second kappa shape index (κ2) is 6.15. The van der Waals surface area contributed by atoms with E-state index in [2.05, 4.69) is 19.9 Å². The van der Waals surface area contributed by atoms with E-state index in [9.17, 15) is 4.79 Å². The Morgan fingerprint density at radius 2 is 1.77 bits per heavy atom. The molecule has 0 unspecified atom stereocenters. The molecule has 0 bridgehead atoms. The molecular weight excluding hydrogens is 280 g/mol. The Morgan fingerprint density at radius 1 is 1.05 bits per heavy atom. The first-order chi connectivity index (χ1) is 10.7. The fraction of sp³-hybridized carbons (Fsp3) is 0.0667. The molecule has 0 aliphatic rings. The fourth-order valence-electron chi connectivity index (χ4n) is 2.00. The Hall–Kier alpha value is -3.06. The van der Waals surface area contributed by atoms with E-state index in [0.29, 0.717) is 12.4 Å². The van der Waals surface area contributed by atoms with Crippen LogP contribution in [0.5, 0.6) is 0 Å². The van der Waals surface area contributed by atoms with E-state index < -0.39 is 5.69 Å². The maximum absolute atomic E-state index is 11.7. The fourth-order valence-corrected chi connectivity index (χ4v) is 2.00. The number of hydrogen-bond acceptors (Lipinski definition) is 6. The van der Waals surface area contributed by atoms with Crippen LogP contribution in [0, 0.1) is 0 Å². The number of anilines is 1. The van der Waals surface area contributed by atoms with Crippen molar-refractivity contribution in [1.29, 1.82) is 0 Å². The van der Waals surface area contributed by atoms with Gasteiger partial charge in [0.05, 0.1) is 6.54 Å². The number of nitrogens with two attached hydrogens (primary N) is 1. The molecule has 0 saturated heterocycles. The zero-order valence-corrected chi connectivity index (χ0v) is 11.7. The molecule has 0 atom stereocenters. The summed E-state index contributed by atoms with van der Waals surface area (Å²) in [5.41, 5.74) is 1.24. The van der Waals surface area contributed by atoms with Crippen molar-refractivity contribution in [3.8, 4) is 11.4 Å². The third-order valence-electron chi connectivity index (χ3n) is 3.05. The highest BCUT2D eigenvalue weighted by Gasteiger charge is 2.10. The first-order valence-electron chi connectivity index (χ1n) is 6.67. The van der Waals surface area contributed by atoms with Crippen LogP contribution in [0.15, 0.2) is 59.7 Å². The van der Waals surface area contributed by atoms with Crippen LogP contribution in [-0.4, -0.2) is 19.9 Å². The van der Waals surface area contributed by atoms with Crippen molar-refractivity contribution in [1.82, 2.24) is 19.9 Å². The predicted octanol–water partition coefficient (Wildman–Crippen LogP) is 1.11. The number of aromatic amines is 1. The van der Waals surface area contributed by atoms with Gasteiger partial charge in [-0.15, -0.1) is 0 Å². The molecule has 0 aliphatic carbocycles. The van der Waals surface area contributed by atoms with Crippen LogP contribution in [0.4, 0.5) is 5.95 Å².